The van der Waals surface area contributed by atoms with Crippen LogP contribution in [0.2, 0.25) is 0 Å². The van der Waals surface area contributed by atoms with Crippen molar-refractivity contribution in [3.63, 3.8) is 0 Å². The van der Waals surface area contributed by atoms with Gasteiger partial charge < -0.3 is 10.4 Å². The summed E-state index contributed by atoms with van der Waals surface area (Å²) in [7, 11) is 0. The van der Waals surface area contributed by atoms with E-state index in [4.69, 9.17) is 5.11 Å². The zero-order valence-corrected chi connectivity index (χ0v) is 10.5. The van der Waals surface area contributed by atoms with Gasteiger partial charge in [0.25, 0.3) is 0 Å². The Morgan fingerprint density at radius 2 is 1.94 bits per heavy atom. The van der Waals surface area contributed by atoms with E-state index < -0.39 is 0 Å². The molecular formula is C13H25NO2. The molecule has 1 saturated carbocycles. The highest BCUT2D eigenvalue weighted by atomic mass is 16.3. The Bertz CT molecular complexity index is 210. The van der Waals surface area contributed by atoms with Crippen LogP contribution in [0.15, 0.2) is 0 Å². The molecule has 2 N–H and O–H groups in total. The number of rotatable bonds is 5. The third-order valence-corrected chi connectivity index (χ3v) is 3.55. The van der Waals surface area contributed by atoms with E-state index in [0.29, 0.717) is 12.3 Å². The number of aliphatic hydroxyl groups excluding tert-OH is 1. The summed E-state index contributed by atoms with van der Waals surface area (Å²) in [5, 5.41) is 12.0. The molecule has 0 bridgehead atoms. The molecule has 1 amide bonds. The molecule has 1 aliphatic carbocycles. The first kappa shape index (κ1) is 13.5. The molecule has 1 fully saturated rings. The molecule has 0 aliphatic heterocycles. The van der Waals surface area contributed by atoms with Gasteiger partial charge in [-0.25, -0.2) is 0 Å². The summed E-state index contributed by atoms with van der Waals surface area (Å²) in [5.74, 6) is 0.806. The summed E-state index contributed by atoms with van der Waals surface area (Å²) in [4.78, 5) is 12.0. The fourth-order valence-corrected chi connectivity index (χ4v) is 2.38. The quantitative estimate of drug-likeness (QED) is 0.755. The molecule has 0 spiro atoms. The predicted molar refractivity (Wildman–Crippen MR) is 65.0 cm³/mol. The molecule has 3 heteroatoms. The van der Waals surface area contributed by atoms with E-state index >= 15 is 0 Å². The minimum absolute atomic E-state index is 0.124. The first-order valence-electron chi connectivity index (χ1n) is 6.56. The standard InChI is InChI=1S/C13H25NO2/c1-10(2)12(8-9-15)14-13(16)11-6-4-3-5-7-11/h10-12,15H,3-9H2,1-2H3,(H,14,16). The highest BCUT2D eigenvalue weighted by Crippen LogP contribution is 2.24. The molecule has 0 heterocycles. The van der Waals surface area contributed by atoms with Crippen molar-refractivity contribution in [1.29, 1.82) is 0 Å². The van der Waals surface area contributed by atoms with Gasteiger partial charge in [0.1, 0.15) is 0 Å². The summed E-state index contributed by atoms with van der Waals surface area (Å²) < 4.78 is 0. The van der Waals surface area contributed by atoms with Crippen molar-refractivity contribution in [1.82, 2.24) is 5.32 Å². The Balaban J connectivity index is 2.40. The van der Waals surface area contributed by atoms with E-state index in [0.717, 1.165) is 12.8 Å². The van der Waals surface area contributed by atoms with Crippen molar-refractivity contribution in [2.75, 3.05) is 6.61 Å². The first-order chi connectivity index (χ1) is 7.65. The van der Waals surface area contributed by atoms with Gasteiger partial charge in [-0.05, 0) is 25.2 Å². The monoisotopic (exact) mass is 227 g/mol. The van der Waals surface area contributed by atoms with Crippen LogP contribution in [0.3, 0.4) is 0 Å². The van der Waals surface area contributed by atoms with Gasteiger partial charge in [-0.3, -0.25) is 4.79 Å². The lowest BCUT2D eigenvalue weighted by molar-refractivity contribution is -0.127. The smallest absolute Gasteiger partial charge is 0.223 e. The molecule has 1 atom stereocenters. The Hall–Kier alpha value is -0.570. The third kappa shape index (κ3) is 4.12. The van der Waals surface area contributed by atoms with E-state index in [1.54, 1.807) is 0 Å². The second-order valence-corrected chi connectivity index (χ2v) is 5.21. The average Bonchev–Trinajstić information content (AvgIpc) is 2.29. The fraction of sp³-hybridized carbons (Fsp3) is 0.923. The van der Waals surface area contributed by atoms with Crippen molar-refractivity contribution < 1.29 is 9.90 Å². The van der Waals surface area contributed by atoms with E-state index in [2.05, 4.69) is 19.2 Å². The van der Waals surface area contributed by atoms with Gasteiger partial charge in [0, 0.05) is 18.6 Å². The average molecular weight is 227 g/mol. The van der Waals surface area contributed by atoms with Crippen molar-refractivity contribution >= 4 is 5.91 Å². The maximum Gasteiger partial charge on any atom is 0.223 e. The van der Waals surface area contributed by atoms with Gasteiger partial charge in [0.05, 0.1) is 0 Å². The van der Waals surface area contributed by atoms with E-state index in [1.165, 1.54) is 19.3 Å². The van der Waals surface area contributed by atoms with Crippen LogP contribution in [-0.2, 0) is 4.79 Å². The molecule has 1 unspecified atom stereocenters. The zero-order valence-electron chi connectivity index (χ0n) is 10.5. The molecule has 0 aromatic carbocycles. The number of nitrogens with one attached hydrogen (secondary N) is 1. The lowest BCUT2D eigenvalue weighted by Crippen LogP contribution is -2.42. The normalized spacial score (nSPS) is 19.8. The molecule has 94 valence electrons. The van der Waals surface area contributed by atoms with Crippen LogP contribution in [-0.4, -0.2) is 23.7 Å². The van der Waals surface area contributed by atoms with Gasteiger partial charge in [0.2, 0.25) is 5.91 Å². The molecule has 0 radical (unpaired) electrons. The topological polar surface area (TPSA) is 49.3 Å². The fourth-order valence-electron chi connectivity index (χ4n) is 2.38. The van der Waals surface area contributed by atoms with Gasteiger partial charge in [-0.2, -0.15) is 0 Å². The summed E-state index contributed by atoms with van der Waals surface area (Å²) >= 11 is 0. The minimum Gasteiger partial charge on any atom is -0.396 e. The van der Waals surface area contributed by atoms with Crippen LogP contribution in [0.4, 0.5) is 0 Å². The van der Waals surface area contributed by atoms with Crippen LogP contribution in [0, 0.1) is 11.8 Å². The molecule has 0 aromatic rings. The van der Waals surface area contributed by atoms with Crippen molar-refractivity contribution in [3.05, 3.63) is 0 Å². The molecular weight excluding hydrogens is 202 g/mol. The van der Waals surface area contributed by atoms with Crippen molar-refractivity contribution in [2.24, 2.45) is 11.8 Å². The van der Waals surface area contributed by atoms with Gasteiger partial charge in [-0.1, -0.05) is 33.1 Å². The van der Waals surface area contributed by atoms with Crippen molar-refractivity contribution in [3.8, 4) is 0 Å². The largest absolute Gasteiger partial charge is 0.396 e. The number of hydrogen-bond acceptors (Lipinski definition) is 2. The minimum atomic E-state index is 0.124. The highest BCUT2D eigenvalue weighted by molar-refractivity contribution is 5.79. The Labute approximate surface area is 98.6 Å². The van der Waals surface area contributed by atoms with Gasteiger partial charge >= 0.3 is 0 Å². The zero-order chi connectivity index (χ0) is 12.0. The van der Waals surface area contributed by atoms with Crippen molar-refractivity contribution in [2.45, 2.75) is 58.4 Å². The second-order valence-electron chi connectivity index (χ2n) is 5.21. The first-order valence-corrected chi connectivity index (χ1v) is 6.56. The lowest BCUT2D eigenvalue weighted by atomic mass is 9.88. The maximum atomic E-state index is 12.0. The lowest BCUT2D eigenvalue weighted by Gasteiger charge is -2.26. The van der Waals surface area contributed by atoms with Crippen LogP contribution >= 0.6 is 0 Å². The summed E-state index contributed by atoms with van der Waals surface area (Å²) in [6.45, 7) is 4.32. The molecule has 3 nitrogen and oxygen atoms in total. The number of carbonyl (C=O) groups excluding carboxylic acids is 1. The second kappa shape index (κ2) is 6.89. The maximum absolute atomic E-state index is 12.0. The number of hydrogen-bond donors (Lipinski definition) is 2. The highest BCUT2D eigenvalue weighted by Gasteiger charge is 2.24. The van der Waals surface area contributed by atoms with E-state index in [-0.39, 0.29) is 24.5 Å². The molecule has 0 saturated heterocycles. The number of aliphatic hydroxyl groups is 1. The molecule has 16 heavy (non-hydrogen) atoms. The SMILES string of the molecule is CC(C)C(CCO)NC(=O)C1CCCCC1. The Kier molecular flexibility index (Phi) is 5.81. The van der Waals surface area contributed by atoms with Crippen LogP contribution in [0.1, 0.15) is 52.4 Å². The Morgan fingerprint density at radius 1 is 1.31 bits per heavy atom. The van der Waals surface area contributed by atoms with Crippen LogP contribution in [0.5, 0.6) is 0 Å². The van der Waals surface area contributed by atoms with E-state index in [1.807, 2.05) is 0 Å². The summed E-state index contributed by atoms with van der Waals surface area (Å²) in [5.41, 5.74) is 0. The molecule has 1 aliphatic rings. The predicted octanol–water partition coefficient (Wildman–Crippen LogP) is 2.09. The van der Waals surface area contributed by atoms with Gasteiger partial charge in [0.15, 0.2) is 0 Å². The van der Waals surface area contributed by atoms with Crippen LogP contribution in [0.25, 0.3) is 0 Å². The molecule has 1 rings (SSSR count). The Morgan fingerprint density at radius 3 is 2.44 bits per heavy atom. The number of amides is 1. The molecule has 0 aromatic heterocycles. The van der Waals surface area contributed by atoms with E-state index in [9.17, 15) is 4.79 Å². The summed E-state index contributed by atoms with van der Waals surface area (Å²) in [6.07, 6.45) is 6.38. The van der Waals surface area contributed by atoms with Crippen LogP contribution < -0.4 is 5.32 Å². The van der Waals surface area contributed by atoms with Gasteiger partial charge in [-0.15, -0.1) is 0 Å². The summed E-state index contributed by atoms with van der Waals surface area (Å²) in [6, 6.07) is 0.124. The number of carbonyl (C=O) groups is 1. The third-order valence-electron chi connectivity index (χ3n) is 3.55.